The number of aromatic nitrogens is 3. The molecule has 7 rings (SSSR count). The molecule has 7 aromatic rings. The highest BCUT2D eigenvalue weighted by molar-refractivity contribution is 6.26. The third kappa shape index (κ3) is 5.74. The van der Waals surface area contributed by atoms with E-state index in [1.807, 2.05) is 42.5 Å². The quantitative estimate of drug-likeness (QED) is 0.105. The normalized spacial score (nSPS) is 11.5. The summed E-state index contributed by atoms with van der Waals surface area (Å²) in [6, 6.07) is 25.6. The third-order valence-corrected chi connectivity index (χ3v) is 8.73. The predicted octanol–water partition coefficient (Wildman–Crippen LogP) is 5.88. The minimum atomic E-state index is -0.670. The zero-order valence-electron chi connectivity index (χ0n) is 26.2. The molecule has 0 aliphatic rings. The van der Waals surface area contributed by atoms with E-state index in [1.54, 1.807) is 16.9 Å². The van der Waals surface area contributed by atoms with Gasteiger partial charge in [-0.2, -0.15) is 0 Å². The number of hydrogen-bond donors (Lipinski definition) is 2. The molecule has 236 valence electrons. The predicted molar refractivity (Wildman–Crippen MR) is 184 cm³/mol. The number of anilines is 1. The maximum absolute atomic E-state index is 13.3. The van der Waals surface area contributed by atoms with E-state index in [4.69, 9.17) is 4.42 Å². The molecule has 2 heterocycles. The fourth-order valence-electron chi connectivity index (χ4n) is 6.31. The standard InChI is InChI=1S/C37H34N6O4/c1-3-42(4-2)28-14-11-26-19-31(37(46)47-32(26)20-28)36(45)38-17-6-18-43-22-27(40-41-43)21-39-35(44)30-16-13-25-10-9-23-7-5-8-24-12-15-29(30)34(25)33(23)24/h5,7-16,19-20,22H,3-4,6,17-18,21H2,1-2H3,(H,38,45)(H,39,44). The number of carbonyl (C=O) groups excluding carboxylic acids is 2. The summed E-state index contributed by atoms with van der Waals surface area (Å²) in [7, 11) is 0. The van der Waals surface area contributed by atoms with Crippen molar-refractivity contribution in [3.05, 3.63) is 112 Å². The monoisotopic (exact) mass is 626 g/mol. The van der Waals surface area contributed by atoms with Gasteiger partial charge in [0.1, 0.15) is 16.8 Å². The van der Waals surface area contributed by atoms with Crippen molar-refractivity contribution in [2.24, 2.45) is 0 Å². The molecule has 0 radical (unpaired) electrons. The van der Waals surface area contributed by atoms with E-state index < -0.39 is 11.5 Å². The van der Waals surface area contributed by atoms with Gasteiger partial charge >= 0.3 is 5.63 Å². The smallest absolute Gasteiger partial charge is 0.349 e. The molecule has 0 unspecified atom stereocenters. The third-order valence-electron chi connectivity index (χ3n) is 8.73. The lowest BCUT2D eigenvalue weighted by Gasteiger charge is -2.21. The molecular weight excluding hydrogens is 592 g/mol. The van der Waals surface area contributed by atoms with Crippen LogP contribution in [0.4, 0.5) is 5.69 Å². The SMILES string of the molecule is CCN(CC)c1ccc2cc(C(=O)NCCCn3cc(CNC(=O)c4ccc5ccc6cccc7ccc4c5c67)nn3)c(=O)oc2c1. The fourth-order valence-corrected chi connectivity index (χ4v) is 6.31. The van der Waals surface area contributed by atoms with Crippen LogP contribution in [-0.4, -0.2) is 46.4 Å². The van der Waals surface area contributed by atoms with Gasteiger partial charge in [-0.05, 0) is 76.9 Å². The number of aryl methyl sites for hydroxylation is 1. The van der Waals surface area contributed by atoms with Crippen molar-refractivity contribution >= 4 is 60.8 Å². The van der Waals surface area contributed by atoms with Crippen LogP contribution in [0.1, 0.15) is 46.7 Å². The van der Waals surface area contributed by atoms with Crippen molar-refractivity contribution in [2.45, 2.75) is 33.4 Å². The van der Waals surface area contributed by atoms with Gasteiger partial charge in [0.2, 0.25) is 0 Å². The van der Waals surface area contributed by atoms with E-state index in [9.17, 15) is 14.4 Å². The van der Waals surface area contributed by atoms with E-state index >= 15 is 0 Å². The Labute approximate surface area is 270 Å². The van der Waals surface area contributed by atoms with Gasteiger partial charge in [-0.1, -0.05) is 53.7 Å². The molecule has 2 N–H and O–H groups in total. The first-order chi connectivity index (χ1) is 22.9. The molecular formula is C37H34N6O4. The Kier molecular flexibility index (Phi) is 7.99. The van der Waals surface area contributed by atoms with Gasteiger partial charge in [0.05, 0.1) is 12.7 Å². The molecule has 10 heteroatoms. The fraction of sp³-hybridized carbons (Fsp3) is 0.216. The van der Waals surface area contributed by atoms with Crippen molar-refractivity contribution in [3.8, 4) is 0 Å². The average molecular weight is 627 g/mol. The van der Waals surface area contributed by atoms with Gasteiger partial charge in [-0.3, -0.25) is 14.3 Å². The van der Waals surface area contributed by atoms with Gasteiger partial charge in [0.15, 0.2) is 0 Å². The second-order valence-corrected chi connectivity index (χ2v) is 11.6. The number of amides is 2. The maximum atomic E-state index is 13.3. The van der Waals surface area contributed by atoms with E-state index in [-0.39, 0.29) is 18.0 Å². The molecule has 0 saturated carbocycles. The van der Waals surface area contributed by atoms with Gasteiger partial charge in [0, 0.05) is 48.9 Å². The summed E-state index contributed by atoms with van der Waals surface area (Å²) in [6.07, 6.45) is 2.34. The Morgan fingerprint density at radius 3 is 2.30 bits per heavy atom. The molecule has 0 bridgehead atoms. The molecule has 0 fully saturated rings. The van der Waals surface area contributed by atoms with Gasteiger partial charge in [0.25, 0.3) is 11.8 Å². The molecule has 0 aliphatic heterocycles. The minimum absolute atomic E-state index is 0.0310. The number of hydrogen-bond acceptors (Lipinski definition) is 7. The summed E-state index contributed by atoms with van der Waals surface area (Å²) in [4.78, 5) is 40.8. The highest BCUT2D eigenvalue weighted by atomic mass is 16.4. The van der Waals surface area contributed by atoms with Crippen molar-refractivity contribution in [2.75, 3.05) is 24.5 Å². The zero-order chi connectivity index (χ0) is 32.5. The number of benzene rings is 5. The lowest BCUT2D eigenvalue weighted by Crippen LogP contribution is -2.29. The van der Waals surface area contributed by atoms with Crippen LogP contribution in [0.25, 0.3) is 43.3 Å². The summed E-state index contributed by atoms with van der Waals surface area (Å²) >= 11 is 0. The van der Waals surface area contributed by atoms with Crippen molar-refractivity contribution in [1.29, 1.82) is 0 Å². The van der Waals surface area contributed by atoms with E-state index in [0.717, 1.165) is 45.7 Å². The molecule has 47 heavy (non-hydrogen) atoms. The first-order valence-electron chi connectivity index (χ1n) is 15.9. The molecule has 0 saturated heterocycles. The van der Waals surface area contributed by atoms with Gasteiger partial charge in [-0.15, -0.1) is 5.10 Å². The summed E-state index contributed by atoms with van der Waals surface area (Å²) in [5.41, 5.74) is 1.95. The summed E-state index contributed by atoms with van der Waals surface area (Å²) in [6.45, 7) is 6.86. The second-order valence-electron chi connectivity index (χ2n) is 11.6. The highest BCUT2D eigenvalue weighted by Crippen LogP contribution is 2.35. The number of rotatable bonds is 11. The van der Waals surface area contributed by atoms with Gasteiger partial charge in [-0.25, -0.2) is 4.79 Å². The molecule has 2 aromatic heterocycles. The van der Waals surface area contributed by atoms with Crippen molar-refractivity contribution in [1.82, 2.24) is 25.6 Å². The van der Waals surface area contributed by atoms with Crippen LogP contribution in [0, 0.1) is 0 Å². The van der Waals surface area contributed by atoms with E-state index in [2.05, 4.69) is 70.0 Å². The van der Waals surface area contributed by atoms with Crippen LogP contribution in [0.2, 0.25) is 0 Å². The van der Waals surface area contributed by atoms with E-state index in [1.165, 1.54) is 5.39 Å². The van der Waals surface area contributed by atoms with Gasteiger partial charge < -0.3 is 20.0 Å². The average Bonchev–Trinajstić information content (AvgIpc) is 3.55. The summed E-state index contributed by atoms with van der Waals surface area (Å²) < 4.78 is 7.16. The zero-order valence-corrected chi connectivity index (χ0v) is 26.2. The lowest BCUT2D eigenvalue weighted by atomic mass is 9.92. The number of carbonyl (C=O) groups is 2. The molecule has 0 atom stereocenters. The summed E-state index contributed by atoms with van der Waals surface area (Å²) in [5.74, 6) is -0.662. The first-order valence-corrected chi connectivity index (χ1v) is 15.9. The van der Waals surface area contributed by atoms with Crippen molar-refractivity contribution < 1.29 is 14.0 Å². The number of fused-ring (bicyclic) bond motifs is 1. The Morgan fingerprint density at radius 2 is 1.51 bits per heavy atom. The molecule has 10 nitrogen and oxygen atoms in total. The largest absolute Gasteiger partial charge is 0.422 e. The molecule has 0 spiro atoms. The highest BCUT2D eigenvalue weighted by Gasteiger charge is 2.17. The Bertz CT molecular complexity index is 2300. The molecule has 2 amide bonds. The van der Waals surface area contributed by atoms with Crippen molar-refractivity contribution in [3.63, 3.8) is 0 Å². The van der Waals surface area contributed by atoms with Crippen LogP contribution in [0.3, 0.4) is 0 Å². The van der Waals surface area contributed by atoms with Crippen LogP contribution in [0.15, 0.2) is 94.3 Å². The van der Waals surface area contributed by atoms with Crippen LogP contribution >= 0.6 is 0 Å². The minimum Gasteiger partial charge on any atom is -0.422 e. The Hall–Kier alpha value is -5.77. The lowest BCUT2D eigenvalue weighted by molar-refractivity contribution is 0.0942. The molecule has 0 aliphatic carbocycles. The Balaban J connectivity index is 0.939. The second kappa shape index (κ2) is 12.6. The number of nitrogens with zero attached hydrogens (tertiary/aromatic N) is 4. The van der Waals surface area contributed by atoms with Crippen LogP contribution in [0.5, 0.6) is 0 Å². The first kappa shape index (κ1) is 29.9. The van der Waals surface area contributed by atoms with Crippen LogP contribution < -0.4 is 21.2 Å². The van der Waals surface area contributed by atoms with E-state index in [0.29, 0.717) is 41.7 Å². The topological polar surface area (TPSA) is 122 Å². The summed E-state index contributed by atoms with van der Waals surface area (Å²) in [5, 5.41) is 21.4. The Morgan fingerprint density at radius 1 is 0.809 bits per heavy atom. The number of nitrogens with one attached hydrogen (secondary N) is 2. The molecule has 5 aromatic carbocycles. The van der Waals surface area contributed by atoms with Crippen LogP contribution in [-0.2, 0) is 13.1 Å². The maximum Gasteiger partial charge on any atom is 0.349 e.